The molecule has 1 saturated carbocycles. The second-order valence-corrected chi connectivity index (χ2v) is 6.93. The first-order valence-corrected chi connectivity index (χ1v) is 8.87. The van der Waals surface area contributed by atoms with E-state index < -0.39 is 0 Å². The van der Waals surface area contributed by atoms with Gasteiger partial charge in [0.15, 0.2) is 0 Å². The van der Waals surface area contributed by atoms with E-state index in [1.54, 1.807) is 11.1 Å². The van der Waals surface area contributed by atoms with Crippen LogP contribution in [0.15, 0.2) is 24.3 Å². The number of benzene rings is 1. The summed E-state index contributed by atoms with van der Waals surface area (Å²) in [6.07, 6.45) is 9.59. The van der Waals surface area contributed by atoms with Gasteiger partial charge < -0.3 is 5.32 Å². The summed E-state index contributed by atoms with van der Waals surface area (Å²) in [5, 5.41) is 3.82. The van der Waals surface area contributed by atoms with Gasteiger partial charge in [-0.3, -0.25) is 4.90 Å². The number of fused-ring (bicyclic) bond motifs is 1. The molecule has 0 bridgehead atoms. The first kappa shape index (κ1) is 15.1. The van der Waals surface area contributed by atoms with E-state index in [9.17, 15) is 0 Å². The highest BCUT2D eigenvalue weighted by Gasteiger charge is 2.20. The van der Waals surface area contributed by atoms with Crippen molar-refractivity contribution < 1.29 is 0 Å². The third-order valence-corrected chi connectivity index (χ3v) is 5.31. The predicted molar refractivity (Wildman–Crippen MR) is 89.5 cm³/mol. The van der Waals surface area contributed by atoms with Crippen LogP contribution in [0.4, 0.5) is 0 Å². The molecule has 1 heterocycles. The zero-order chi connectivity index (χ0) is 14.5. The van der Waals surface area contributed by atoms with E-state index in [-0.39, 0.29) is 0 Å². The van der Waals surface area contributed by atoms with Gasteiger partial charge in [0.2, 0.25) is 0 Å². The van der Waals surface area contributed by atoms with Crippen molar-refractivity contribution in [2.75, 3.05) is 13.1 Å². The zero-order valence-corrected chi connectivity index (χ0v) is 13.5. The molecule has 0 aromatic heterocycles. The van der Waals surface area contributed by atoms with Gasteiger partial charge in [0, 0.05) is 25.2 Å². The lowest BCUT2D eigenvalue weighted by molar-refractivity contribution is 0.190. The molecule has 1 unspecified atom stereocenters. The molecule has 1 aromatic rings. The predicted octanol–water partition coefficient (Wildman–Crippen LogP) is 3.75. The van der Waals surface area contributed by atoms with Crippen LogP contribution < -0.4 is 5.32 Å². The fraction of sp³-hybridized carbons (Fsp3) is 0.684. The summed E-state index contributed by atoms with van der Waals surface area (Å²) in [4.78, 5) is 2.67. The Kier molecular flexibility index (Phi) is 5.32. The van der Waals surface area contributed by atoms with Crippen LogP contribution in [0.25, 0.3) is 0 Å². The summed E-state index contributed by atoms with van der Waals surface area (Å²) in [5.74, 6) is 0. The van der Waals surface area contributed by atoms with Gasteiger partial charge in [0.25, 0.3) is 0 Å². The molecule has 2 nitrogen and oxygen atoms in total. The quantitative estimate of drug-likeness (QED) is 0.907. The van der Waals surface area contributed by atoms with E-state index in [0.717, 1.165) is 19.1 Å². The molecule has 1 N–H and O–H groups in total. The second kappa shape index (κ2) is 7.42. The summed E-state index contributed by atoms with van der Waals surface area (Å²) in [5.41, 5.74) is 3.10. The molecule has 116 valence electrons. The Morgan fingerprint density at radius 3 is 2.67 bits per heavy atom. The van der Waals surface area contributed by atoms with Crippen molar-refractivity contribution in [2.45, 2.75) is 70.5 Å². The molecule has 2 aliphatic rings. The molecule has 21 heavy (non-hydrogen) atoms. The maximum atomic E-state index is 3.82. The monoisotopic (exact) mass is 286 g/mol. The molecule has 0 radical (unpaired) electrons. The maximum absolute atomic E-state index is 3.82. The summed E-state index contributed by atoms with van der Waals surface area (Å²) in [7, 11) is 0. The minimum absolute atomic E-state index is 0.637. The molecule has 2 heteroatoms. The van der Waals surface area contributed by atoms with E-state index in [1.807, 2.05) is 0 Å². The molecular weight excluding hydrogens is 256 g/mol. The number of hydrogen-bond acceptors (Lipinski definition) is 2. The molecule has 0 spiro atoms. The van der Waals surface area contributed by atoms with Crippen LogP contribution >= 0.6 is 0 Å². The average Bonchev–Trinajstić information content (AvgIpc) is 2.76. The lowest BCUT2D eigenvalue weighted by Gasteiger charge is -2.31. The summed E-state index contributed by atoms with van der Waals surface area (Å²) in [6, 6.07) is 10.4. The van der Waals surface area contributed by atoms with Gasteiger partial charge in [-0.1, -0.05) is 43.5 Å². The van der Waals surface area contributed by atoms with Crippen LogP contribution in [-0.4, -0.2) is 30.1 Å². The molecular formula is C19H30N2. The standard InChI is InChI=1S/C19H30N2/c1-16(14-20-19-11-3-2-4-12-19)21-13-7-10-17-8-5-6-9-18(17)15-21/h5-6,8-9,16,19-20H,2-4,7,10-15H2,1H3. The first-order chi connectivity index (χ1) is 10.3. The van der Waals surface area contributed by atoms with Crippen molar-refractivity contribution in [1.29, 1.82) is 0 Å². The zero-order valence-electron chi connectivity index (χ0n) is 13.5. The Hall–Kier alpha value is -0.860. The van der Waals surface area contributed by atoms with E-state index >= 15 is 0 Å². The number of rotatable bonds is 4. The Balaban J connectivity index is 1.53. The summed E-state index contributed by atoms with van der Waals surface area (Å²) < 4.78 is 0. The number of nitrogens with zero attached hydrogens (tertiary/aromatic N) is 1. The van der Waals surface area contributed by atoms with Crippen LogP contribution in [0.2, 0.25) is 0 Å². The van der Waals surface area contributed by atoms with Gasteiger partial charge in [-0.15, -0.1) is 0 Å². The lowest BCUT2D eigenvalue weighted by Crippen LogP contribution is -2.43. The summed E-state index contributed by atoms with van der Waals surface area (Å²) >= 11 is 0. The molecule has 1 atom stereocenters. The number of aryl methyl sites for hydroxylation is 1. The summed E-state index contributed by atoms with van der Waals surface area (Å²) in [6.45, 7) is 5.91. The van der Waals surface area contributed by atoms with Crippen molar-refractivity contribution in [2.24, 2.45) is 0 Å². The Labute approximate surface area is 129 Å². The maximum Gasteiger partial charge on any atom is 0.0239 e. The largest absolute Gasteiger partial charge is 0.312 e. The average molecular weight is 286 g/mol. The van der Waals surface area contributed by atoms with Gasteiger partial charge in [0.1, 0.15) is 0 Å². The molecule has 3 rings (SSSR count). The third-order valence-electron chi connectivity index (χ3n) is 5.31. The van der Waals surface area contributed by atoms with Crippen LogP contribution in [0.5, 0.6) is 0 Å². The Morgan fingerprint density at radius 2 is 1.86 bits per heavy atom. The van der Waals surface area contributed by atoms with E-state index in [1.165, 1.54) is 51.5 Å². The minimum atomic E-state index is 0.637. The van der Waals surface area contributed by atoms with Crippen LogP contribution in [0.3, 0.4) is 0 Å². The first-order valence-electron chi connectivity index (χ1n) is 8.87. The van der Waals surface area contributed by atoms with Crippen LogP contribution in [0, 0.1) is 0 Å². The van der Waals surface area contributed by atoms with Gasteiger partial charge in [0.05, 0.1) is 0 Å². The Morgan fingerprint density at radius 1 is 1.10 bits per heavy atom. The smallest absolute Gasteiger partial charge is 0.0239 e. The molecule has 1 fully saturated rings. The molecule has 0 saturated heterocycles. The van der Waals surface area contributed by atoms with Crippen molar-refractivity contribution in [3.8, 4) is 0 Å². The Bertz CT molecular complexity index is 437. The highest BCUT2D eigenvalue weighted by molar-refractivity contribution is 5.28. The van der Waals surface area contributed by atoms with Crippen LogP contribution in [0.1, 0.15) is 56.6 Å². The lowest BCUT2D eigenvalue weighted by atomic mass is 9.95. The molecule has 1 aliphatic carbocycles. The highest BCUT2D eigenvalue weighted by Crippen LogP contribution is 2.21. The SMILES string of the molecule is CC(CNC1CCCCC1)N1CCCc2ccccc2C1. The van der Waals surface area contributed by atoms with Gasteiger partial charge in [-0.2, -0.15) is 0 Å². The normalized spacial score (nSPS) is 22.5. The van der Waals surface area contributed by atoms with Crippen molar-refractivity contribution in [3.05, 3.63) is 35.4 Å². The molecule has 1 aromatic carbocycles. The van der Waals surface area contributed by atoms with Crippen molar-refractivity contribution >= 4 is 0 Å². The topological polar surface area (TPSA) is 15.3 Å². The van der Waals surface area contributed by atoms with Gasteiger partial charge in [-0.05, 0) is 50.3 Å². The van der Waals surface area contributed by atoms with Crippen LogP contribution in [-0.2, 0) is 13.0 Å². The highest BCUT2D eigenvalue weighted by atomic mass is 15.2. The number of hydrogen-bond donors (Lipinski definition) is 1. The van der Waals surface area contributed by atoms with E-state index in [0.29, 0.717) is 6.04 Å². The van der Waals surface area contributed by atoms with E-state index in [4.69, 9.17) is 0 Å². The third kappa shape index (κ3) is 4.08. The fourth-order valence-corrected chi connectivity index (χ4v) is 3.88. The second-order valence-electron chi connectivity index (χ2n) is 6.93. The fourth-order valence-electron chi connectivity index (χ4n) is 3.88. The van der Waals surface area contributed by atoms with Gasteiger partial charge in [-0.25, -0.2) is 0 Å². The molecule has 0 amide bonds. The van der Waals surface area contributed by atoms with Crippen molar-refractivity contribution in [3.63, 3.8) is 0 Å². The molecule has 1 aliphatic heterocycles. The number of nitrogens with one attached hydrogen (secondary N) is 1. The van der Waals surface area contributed by atoms with E-state index in [2.05, 4.69) is 41.4 Å². The van der Waals surface area contributed by atoms with Gasteiger partial charge >= 0.3 is 0 Å². The van der Waals surface area contributed by atoms with Crippen molar-refractivity contribution in [1.82, 2.24) is 10.2 Å². The minimum Gasteiger partial charge on any atom is -0.312 e.